The average molecular weight is 363 g/mol. The van der Waals surface area contributed by atoms with Crippen LogP contribution in [0.25, 0.3) is 10.8 Å². The number of rotatable bonds is 7. The first-order valence-corrected chi connectivity index (χ1v) is 9.47. The molecular formula is C23H25NO3. The molecular weight excluding hydrogens is 338 g/mol. The van der Waals surface area contributed by atoms with Crippen LogP contribution in [0.4, 0.5) is 0 Å². The zero-order valence-electron chi connectivity index (χ0n) is 15.6. The fourth-order valence-corrected chi connectivity index (χ4v) is 3.62. The second-order valence-corrected chi connectivity index (χ2v) is 7.17. The van der Waals surface area contributed by atoms with E-state index in [1.807, 2.05) is 18.2 Å². The van der Waals surface area contributed by atoms with Crippen LogP contribution < -0.4 is 9.47 Å². The molecule has 0 radical (unpaired) electrons. The Bertz CT molecular complexity index is 938. The molecule has 0 atom stereocenters. The highest BCUT2D eigenvalue weighted by atomic mass is 16.7. The molecule has 0 saturated carbocycles. The quantitative estimate of drug-likeness (QED) is 0.676. The molecule has 0 unspecified atom stereocenters. The number of aromatic hydroxyl groups is 1. The standard InChI is InChI=1S/C23H25NO3/c1-24(13-11-17-7-10-22-23(14-17)27-16-26-22)12-3-6-18-4-2-5-19-15-20(25)8-9-21(18)19/h2,4-5,7-10,14-15,25H,3,6,11-13,16H2,1H3. The highest BCUT2D eigenvalue weighted by Crippen LogP contribution is 2.32. The Morgan fingerprint density at radius 3 is 2.74 bits per heavy atom. The summed E-state index contributed by atoms with van der Waals surface area (Å²) in [6.45, 7) is 2.40. The Morgan fingerprint density at radius 2 is 1.81 bits per heavy atom. The Kier molecular flexibility index (Phi) is 5.16. The molecule has 3 aromatic rings. The number of ether oxygens (including phenoxy) is 2. The maximum Gasteiger partial charge on any atom is 0.231 e. The zero-order chi connectivity index (χ0) is 18.6. The monoisotopic (exact) mass is 363 g/mol. The number of nitrogens with zero attached hydrogens (tertiary/aromatic N) is 1. The van der Waals surface area contributed by atoms with Gasteiger partial charge in [0.05, 0.1) is 0 Å². The van der Waals surface area contributed by atoms with Crippen molar-refractivity contribution in [3.63, 3.8) is 0 Å². The number of hydrogen-bond acceptors (Lipinski definition) is 4. The molecule has 1 N–H and O–H groups in total. The van der Waals surface area contributed by atoms with Gasteiger partial charge < -0.3 is 19.5 Å². The number of phenolic OH excluding ortho intramolecular Hbond substituents is 1. The number of aryl methyl sites for hydroxylation is 1. The predicted molar refractivity (Wildman–Crippen MR) is 108 cm³/mol. The van der Waals surface area contributed by atoms with E-state index in [1.54, 1.807) is 6.07 Å². The van der Waals surface area contributed by atoms with Gasteiger partial charge in [-0.15, -0.1) is 0 Å². The van der Waals surface area contributed by atoms with Gasteiger partial charge in [0.25, 0.3) is 0 Å². The minimum atomic E-state index is 0.322. The van der Waals surface area contributed by atoms with Crippen LogP contribution >= 0.6 is 0 Å². The van der Waals surface area contributed by atoms with Crippen molar-refractivity contribution >= 4 is 10.8 Å². The average Bonchev–Trinajstić information content (AvgIpc) is 3.14. The summed E-state index contributed by atoms with van der Waals surface area (Å²) in [5.41, 5.74) is 2.62. The Morgan fingerprint density at radius 1 is 0.926 bits per heavy atom. The fourth-order valence-electron chi connectivity index (χ4n) is 3.62. The minimum Gasteiger partial charge on any atom is -0.508 e. The normalized spacial score (nSPS) is 12.8. The highest BCUT2D eigenvalue weighted by molar-refractivity contribution is 5.86. The van der Waals surface area contributed by atoms with Gasteiger partial charge >= 0.3 is 0 Å². The molecule has 1 aliphatic rings. The maximum atomic E-state index is 9.65. The fraction of sp³-hybridized carbons (Fsp3) is 0.304. The van der Waals surface area contributed by atoms with E-state index in [0.29, 0.717) is 12.5 Å². The molecule has 4 rings (SSSR count). The minimum absolute atomic E-state index is 0.322. The maximum absolute atomic E-state index is 9.65. The molecule has 140 valence electrons. The van der Waals surface area contributed by atoms with Gasteiger partial charge in [-0.25, -0.2) is 0 Å². The van der Waals surface area contributed by atoms with Crippen LogP contribution in [0.2, 0.25) is 0 Å². The molecule has 0 saturated heterocycles. The van der Waals surface area contributed by atoms with Crippen LogP contribution in [0.3, 0.4) is 0 Å². The second-order valence-electron chi connectivity index (χ2n) is 7.17. The number of hydrogen-bond donors (Lipinski definition) is 1. The lowest BCUT2D eigenvalue weighted by atomic mass is 10.0. The molecule has 0 fully saturated rings. The van der Waals surface area contributed by atoms with Gasteiger partial charge in [0.15, 0.2) is 11.5 Å². The van der Waals surface area contributed by atoms with E-state index in [1.165, 1.54) is 16.5 Å². The van der Waals surface area contributed by atoms with E-state index in [9.17, 15) is 5.11 Å². The molecule has 4 heteroatoms. The number of phenols is 1. The van der Waals surface area contributed by atoms with Crippen molar-refractivity contribution in [2.24, 2.45) is 0 Å². The summed E-state index contributed by atoms with van der Waals surface area (Å²) < 4.78 is 10.8. The molecule has 0 aliphatic carbocycles. The Balaban J connectivity index is 1.28. The van der Waals surface area contributed by atoms with Crippen LogP contribution in [-0.2, 0) is 12.8 Å². The third-order valence-electron chi connectivity index (χ3n) is 5.16. The Hall–Kier alpha value is -2.72. The van der Waals surface area contributed by atoms with Crippen molar-refractivity contribution in [1.82, 2.24) is 4.90 Å². The molecule has 27 heavy (non-hydrogen) atoms. The topological polar surface area (TPSA) is 41.9 Å². The lowest BCUT2D eigenvalue weighted by Crippen LogP contribution is -2.22. The number of likely N-dealkylation sites (N-methyl/N-ethyl adjacent to an activating group) is 1. The number of benzene rings is 3. The number of fused-ring (bicyclic) bond motifs is 2. The van der Waals surface area contributed by atoms with Crippen molar-refractivity contribution in [3.05, 3.63) is 65.7 Å². The van der Waals surface area contributed by atoms with Crippen molar-refractivity contribution in [1.29, 1.82) is 0 Å². The van der Waals surface area contributed by atoms with E-state index in [4.69, 9.17) is 9.47 Å². The van der Waals surface area contributed by atoms with Gasteiger partial charge in [-0.05, 0) is 79.0 Å². The van der Waals surface area contributed by atoms with Crippen LogP contribution in [-0.4, -0.2) is 36.9 Å². The lowest BCUT2D eigenvalue weighted by molar-refractivity contribution is 0.174. The van der Waals surface area contributed by atoms with E-state index >= 15 is 0 Å². The first kappa shape index (κ1) is 17.7. The van der Waals surface area contributed by atoms with Gasteiger partial charge in [0, 0.05) is 6.54 Å². The summed E-state index contributed by atoms with van der Waals surface area (Å²) in [7, 11) is 2.17. The van der Waals surface area contributed by atoms with Gasteiger partial charge in [0.2, 0.25) is 6.79 Å². The summed E-state index contributed by atoms with van der Waals surface area (Å²) >= 11 is 0. The SMILES string of the molecule is CN(CCCc1cccc2cc(O)ccc12)CCc1ccc2c(c1)OCO2. The van der Waals surface area contributed by atoms with Crippen molar-refractivity contribution in [2.45, 2.75) is 19.3 Å². The first-order chi connectivity index (χ1) is 13.2. The largest absolute Gasteiger partial charge is 0.508 e. The molecule has 0 bridgehead atoms. The molecule has 1 aliphatic heterocycles. The third-order valence-corrected chi connectivity index (χ3v) is 5.16. The van der Waals surface area contributed by atoms with E-state index in [0.717, 1.165) is 49.2 Å². The molecule has 3 aromatic carbocycles. The third kappa shape index (κ3) is 4.17. The summed E-state index contributed by atoms with van der Waals surface area (Å²) in [5, 5.41) is 12.0. The van der Waals surface area contributed by atoms with Crippen LogP contribution in [0.5, 0.6) is 17.2 Å². The van der Waals surface area contributed by atoms with Gasteiger partial charge in [-0.1, -0.05) is 30.3 Å². The van der Waals surface area contributed by atoms with E-state index in [-0.39, 0.29) is 0 Å². The van der Waals surface area contributed by atoms with Gasteiger partial charge in [-0.2, -0.15) is 0 Å². The van der Waals surface area contributed by atoms with Crippen molar-refractivity contribution in [3.8, 4) is 17.2 Å². The van der Waals surface area contributed by atoms with Crippen LogP contribution in [0, 0.1) is 0 Å². The molecule has 0 aromatic heterocycles. The molecule has 0 amide bonds. The highest BCUT2D eigenvalue weighted by Gasteiger charge is 2.13. The van der Waals surface area contributed by atoms with Gasteiger partial charge in [-0.3, -0.25) is 0 Å². The van der Waals surface area contributed by atoms with Crippen molar-refractivity contribution in [2.75, 3.05) is 26.9 Å². The molecule has 1 heterocycles. The summed E-state index contributed by atoms with van der Waals surface area (Å²) in [5.74, 6) is 2.02. The second kappa shape index (κ2) is 7.89. The van der Waals surface area contributed by atoms with Gasteiger partial charge in [0.1, 0.15) is 5.75 Å². The summed E-state index contributed by atoms with van der Waals surface area (Å²) in [6, 6.07) is 18.1. The van der Waals surface area contributed by atoms with Crippen LogP contribution in [0.1, 0.15) is 17.5 Å². The zero-order valence-corrected chi connectivity index (χ0v) is 15.6. The van der Waals surface area contributed by atoms with E-state index < -0.39 is 0 Å². The van der Waals surface area contributed by atoms with Crippen molar-refractivity contribution < 1.29 is 14.6 Å². The van der Waals surface area contributed by atoms with E-state index in [2.05, 4.69) is 42.3 Å². The van der Waals surface area contributed by atoms with Crippen LogP contribution in [0.15, 0.2) is 54.6 Å². The smallest absolute Gasteiger partial charge is 0.231 e. The predicted octanol–water partition coefficient (Wildman–Crippen LogP) is 4.38. The lowest BCUT2D eigenvalue weighted by Gasteiger charge is -2.17. The Labute approximate surface area is 160 Å². The molecule has 4 nitrogen and oxygen atoms in total. The molecule has 0 spiro atoms. The summed E-state index contributed by atoms with van der Waals surface area (Å²) in [4.78, 5) is 2.38. The first-order valence-electron chi connectivity index (χ1n) is 9.47. The summed E-state index contributed by atoms with van der Waals surface area (Å²) in [6.07, 6.45) is 3.15.